The Hall–Kier alpha value is -1.54. The van der Waals surface area contributed by atoms with Crippen molar-refractivity contribution in [3.05, 3.63) is 46.6 Å². The summed E-state index contributed by atoms with van der Waals surface area (Å²) in [5.74, 6) is -0.191. The third-order valence-corrected chi connectivity index (χ3v) is 3.19. The van der Waals surface area contributed by atoms with Crippen molar-refractivity contribution in [2.45, 2.75) is 0 Å². The van der Waals surface area contributed by atoms with E-state index in [0.29, 0.717) is 17.1 Å². The van der Waals surface area contributed by atoms with E-state index < -0.39 is 0 Å². The molecule has 2 aromatic carbocycles. The van der Waals surface area contributed by atoms with Crippen molar-refractivity contribution in [1.82, 2.24) is 5.32 Å². The lowest BCUT2D eigenvalue weighted by Gasteiger charge is -2.09. The maximum atomic E-state index is 13.6. The quantitative estimate of drug-likeness (QED) is 0.683. The summed E-state index contributed by atoms with van der Waals surface area (Å²) in [4.78, 5) is 0. The smallest absolute Gasteiger partial charge is 0.131 e. The number of rotatable bonds is 0. The zero-order valence-electron chi connectivity index (χ0n) is 8.43. The van der Waals surface area contributed by atoms with E-state index in [1.165, 1.54) is 6.07 Å². The molecule has 3 rings (SSSR count). The van der Waals surface area contributed by atoms with Crippen molar-refractivity contribution in [2.75, 3.05) is 6.54 Å². The van der Waals surface area contributed by atoms with Gasteiger partial charge in [-0.25, -0.2) is 4.39 Å². The first-order valence-corrected chi connectivity index (χ1v) is 5.46. The predicted molar refractivity (Wildman–Crippen MR) is 64.9 cm³/mol. The molecule has 0 unspecified atom stereocenters. The number of fused-ring (bicyclic) bond motifs is 3. The van der Waals surface area contributed by atoms with E-state index in [9.17, 15) is 4.39 Å². The normalized spacial score (nSPS) is 14.2. The van der Waals surface area contributed by atoms with Gasteiger partial charge in [0.1, 0.15) is 11.0 Å². The fourth-order valence-corrected chi connectivity index (χ4v) is 2.33. The lowest BCUT2D eigenvalue weighted by molar-refractivity contribution is 0.640. The molecule has 0 saturated heterocycles. The van der Waals surface area contributed by atoms with Crippen LogP contribution in [0.15, 0.2) is 30.3 Å². The number of nitrogens with one attached hydrogen (secondary N) is 1. The fourth-order valence-electron chi connectivity index (χ4n) is 2.09. The minimum atomic E-state index is -0.191. The first-order chi connectivity index (χ1) is 7.77. The van der Waals surface area contributed by atoms with Crippen LogP contribution in [0.2, 0.25) is 0 Å². The summed E-state index contributed by atoms with van der Waals surface area (Å²) in [5, 5.41) is 7.19. The van der Waals surface area contributed by atoms with Gasteiger partial charge >= 0.3 is 0 Å². The molecule has 1 nitrogen and oxygen atoms in total. The van der Waals surface area contributed by atoms with E-state index in [0.717, 1.165) is 15.8 Å². The minimum Gasteiger partial charge on any atom is -0.372 e. The maximum Gasteiger partial charge on any atom is 0.131 e. The Kier molecular flexibility index (Phi) is 2.11. The van der Waals surface area contributed by atoms with E-state index in [4.69, 9.17) is 11.6 Å². The molecule has 16 heavy (non-hydrogen) atoms. The van der Waals surface area contributed by atoms with Crippen molar-refractivity contribution < 1.29 is 4.39 Å². The SMILES string of the molecule is Fc1cccc2c3c(ccc12)=C(Cl)NCC=3. The number of hydrogen-bond acceptors (Lipinski definition) is 1. The van der Waals surface area contributed by atoms with Crippen molar-refractivity contribution in [3.63, 3.8) is 0 Å². The molecule has 0 amide bonds. The van der Waals surface area contributed by atoms with E-state index in [-0.39, 0.29) is 5.82 Å². The van der Waals surface area contributed by atoms with Gasteiger partial charge < -0.3 is 5.32 Å². The van der Waals surface area contributed by atoms with Gasteiger partial charge in [-0.2, -0.15) is 0 Å². The van der Waals surface area contributed by atoms with Gasteiger partial charge in [0.2, 0.25) is 0 Å². The van der Waals surface area contributed by atoms with Crippen LogP contribution in [-0.2, 0) is 0 Å². The molecular formula is C13H9ClFN. The summed E-state index contributed by atoms with van der Waals surface area (Å²) in [5.41, 5.74) is 0. The summed E-state index contributed by atoms with van der Waals surface area (Å²) < 4.78 is 13.6. The van der Waals surface area contributed by atoms with Gasteiger partial charge in [0.05, 0.1) is 0 Å². The molecule has 1 heterocycles. The topological polar surface area (TPSA) is 12.0 Å². The fraction of sp³-hybridized carbons (Fsp3) is 0.0769. The second-order valence-electron chi connectivity index (χ2n) is 3.76. The summed E-state index contributed by atoms with van der Waals surface area (Å²) in [6, 6.07) is 8.74. The Morgan fingerprint density at radius 3 is 2.88 bits per heavy atom. The third kappa shape index (κ3) is 1.30. The minimum absolute atomic E-state index is 0.191. The Balaban J connectivity index is 2.61. The van der Waals surface area contributed by atoms with Gasteiger partial charge in [-0.1, -0.05) is 41.9 Å². The van der Waals surface area contributed by atoms with Crippen LogP contribution >= 0.6 is 11.6 Å². The highest BCUT2D eigenvalue weighted by molar-refractivity contribution is 6.44. The zero-order chi connectivity index (χ0) is 11.1. The Bertz CT molecular complexity index is 691. The second-order valence-corrected chi connectivity index (χ2v) is 4.14. The van der Waals surface area contributed by atoms with E-state index in [1.807, 2.05) is 18.2 Å². The van der Waals surface area contributed by atoms with Crippen molar-refractivity contribution in [1.29, 1.82) is 0 Å². The highest BCUT2D eigenvalue weighted by Gasteiger charge is 2.06. The van der Waals surface area contributed by atoms with Crippen LogP contribution in [0, 0.1) is 5.82 Å². The van der Waals surface area contributed by atoms with Crippen molar-refractivity contribution in [2.24, 2.45) is 0 Å². The largest absolute Gasteiger partial charge is 0.372 e. The molecule has 1 aliphatic heterocycles. The van der Waals surface area contributed by atoms with Crippen LogP contribution in [0.1, 0.15) is 0 Å². The van der Waals surface area contributed by atoms with Crippen LogP contribution in [0.5, 0.6) is 0 Å². The first kappa shape index (κ1) is 9.67. The standard InChI is InChI=1S/C13H9ClFN/c14-13-11-5-4-10-8(2-1-3-12(10)15)9(11)6-7-16-13/h1-6,16H,7H2. The summed E-state index contributed by atoms with van der Waals surface area (Å²) in [6.45, 7) is 0.682. The van der Waals surface area contributed by atoms with Crippen LogP contribution in [0.4, 0.5) is 4.39 Å². The summed E-state index contributed by atoms with van der Waals surface area (Å²) >= 11 is 6.08. The van der Waals surface area contributed by atoms with Gasteiger partial charge in [-0.05, 0) is 16.7 Å². The monoisotopic (exact) mass is 233 g/mol. The Morgan fingerprint density at radius 2 is 2.00 bits per heavy atom. The average Bonchev–Trinajstić information content (AvgIpc) is 2.30. The van der Waals surface area contributed by atoms with E-state index in [2.05, 4.69) is 5.32 Å². The Morgan fingerprint density at radius 1 is 1.12 bits per heavy atom. The lowest BCUT2D eigenvalue weighted by Crippen LogP contribution is -2.36. The summed E-state index contributed by atoms with van der Waals surface area (Å²) in [7, 11) is 0. The molecule has 0 aliphatic carbocycles. The number of hydrogen-bond donors (Lipinski definition) is 1. The highest BCUT2D eigenvalue weighted by atomic mass is 35.5. The highest BCUT2D eigenvalue weighted by Crippen LogP contribution is 2.13. The van der Waals surface area contributed by atoms with Crippen LogP contribution in [-0.4, -0.2) is 6.54 Å². The molecule has 0 spiro atoms. The molecule has 3 heteroatoms. The van der Waals surface area contributed by atoms with Gasteiger partial charge in [-0.3, -0.25) is 0 Å². The molecule has 2 aromatic rings. The van der Waals surface area contributed by atoms with Gasteiger partial charge in [-0.15, -0.1) is 0 Å². The third-order valence-electron chi connectivity index (χ3n) is 2.85. The van der Waals surface area contributed by atoms with Crippen molar-refractivity contribution >= 4 is 33.6 Å². The van der Waals surface area contributed by atoms with Crippen LogP contribution in [0.3, 0.4) is 0 Å². The number of benzene rings is 2. The molecular weight excluding hydrogens is 225 g/mol. The summed E-state index contributed by atoms with van der Waals surface area (Å²) in [6.07, 6.45) is 2.03. The first-order valence-electron chi connectivity index (χ1n) is 5.08. The molecule has 0 atom stereocenters. The molecule has 0 saturated carbocycles. The molecule has 0 radical (unpaired) electrons. The molecule has 0 fully saturated rings. The van der Waals surface area contributed by atoms with E-state index in [1.54, 1.807) is 12.1 Å². The second kappa shape index (κ2) is 3.49. The Labute approximate surface area is 96.8 Å². The van der Waals surface area contributed by atoms with Crippen LogP contribution in [0.25, 0.3) is 22.0 Å². The predicted octanol–water partition coefficient (Wildman–Crippen LogP) is 1.67. The van der Waals surface area contributed by atoms with E-state index >= 15 is 0 Å². The maximum absolute atomic E-state index is 13.6. The molecule has 0 bridgehead atoms. The molecule has 80 valence electrons. The molecule has 0 aromatic heterocycles. The van der Waals surface area contributed by atoms with Crippen LogP contribution < -0.4 is 15.8 Å². The molecule has 1 aliphatic rings. The molecule has 1 N–H and O–H groups in total. The van der Waals surface area contributed by atoms with Crippen molar-refractivity contribution in [3.8, 4) is 0 Å². The van der Waals surface area contributed by atoms with Gasteiger partial charge in [0.15, 0.2) is 0 Å². The van der Waals surface area contributed by atoms with Gasteiger partial charge in [0.25, 0.3) is 0 Å². The lowest BCUT2D eigenvalue weighted by atomic mass is 10.0. The van der Waals surface area contributed by atoms with Gasteiger partial charge in [0, 0.05) is 17.1 Å². The zero-order valence-corrected chi connectivity index (χ0v) is 9.18. The average molecular weight is 234 g/mol. The number of halogens is 2.